The summed E-state index contributed by atoms with van der Waals surface area (Å²) in [6.45, 7) is 8.92. The lowest BCUT2D eigenvalue weighted by atomic mass is 9.77. The van der Waals surface area contributed by atoms with Crippen LogP contribution in [-0.4, -0.2) is 0 Å². The number of hydrogen-bond acceptors (Lipinski definition) is 0. The highest BCUT2D eigenvalue weighted by Gasteiger charge is 2.23. The van der Waals surface area contributed by atoms with Gasteiger partial charge in [-0.1, -0.05) is 81.0 Å². The molecule has 18 heavy (non-hydrogen) atoms. The van der Waals surface area contributed by atoms with Crippen LogP contribution in [0.2, 0.25) is 0 Å². The van der Waals surface area contributed by atoms with E-state index in [1.807, 2.05) is 0 Å². The molecule has 0 N–H and O–H groups in total. The lowest BCUT2D eigenvalue weighted by Crippen LogP contribution is -2.19. The predicted molar refractivity (Wildman–Crippen MR) is 79.7 cm³/mol. The molecule has 0 fully saturated rings. The van der Waals surface area contributed by atoms with Gasteiger partial charge < -0.3 is 0 Å². The zero-order valence-corrected chi connectivity index (χ0v) is 11.8. The molecule has 0 aliphatic heterocycles. The van der Waals surface area contributed by atoms with Gasteiger partial charge in [0.05, 0.1) is 0 Å². The maximum atomic E-state index is 2.29. The molecule has 1 aliphatic rings. The standard InChI is InChI=1S/C18H22/c1-14-6-5-7-16(11-8-14)18(3,4)17-12-9-15(2)10-13-17/h5-14H,1-4H3. The fraction of sp³-hybridized carbons (Fsp3) is 0.333. The van der Waals surface area contributed by atoms with E-state index in [4.69, 9.17) is 0 Å². The summed E-state index contributed by atoms with van der Waals surface area (Å²) in [6, 6.07) is 8.86. The molecule has 0 heteroatoms. The SMILES string of the molecule is Cc1ccc(C(C)(C)C2=CC=CC(C)C=C2)cc1. The van der Waals surface area contributed by atoms with Crippen LogP contribution in [0.3, 0.4) is 0 Å². The minimum Gasteiger partial charge on any atom is -0.0779 e. The van der Waals surface area contributed by atoms with Crippen LogP contribution in [0.5, 0.6) is 0 Å². The van der Waals surface area contributed by atoms with Crippen LogP contribution < -0.4 is 0 Å². The molecular weight excluding hydrogens is 216 g/mol. The molecule has 0 nitrogen and oxygen atoms in total. The van der Waals surface area contributed by atoms with Gasteiger partial charge in [0.15, 0.2) is 0 Å². The van der Waals surface area contributed by atoms with Crippen molar-refractivity contribution in [3.63, 3.8) is 0 Å². The number of rotatable bonds is 2. The summed E-state index contributed by atoms with van der Waals surface area (Å²) >= 11 is 0. The molecule has 0 spiro atoms. The molecule has 1 aliphatic carbocycles. The van der Waals surface area contributed by atoms with Gasteiger partial charge in [-0.25, -0.2) is 0 Å². The highest BCUT2D eigenvalue weighted by Crippen LogP contribution is 2.33. The van der Waals surface area contributed by atoms with E-state index in [0.29, 0.717) is 5.92 Å². The number of aryl methyl sites for hydroxylation is 1. The molecule has 0 amide bonds. The molecule has 1 aromatic carbocycles. The van der Waals surface area contributed by atoms with E-state index in [1.165, 1.54) is 16.7 Å². The molecule has 1 aromatic rings. The summed E-state index contributed by atoms with van der Waals surface area (Å²) in [6.07, 6.45) is 11.2. The Morgan fingerprint density at radius 2 is 1.67 bits per heavy atom. The third-order valence-corrected chi connectivity index (χ3v) is 3.76. The Bertz CT molecular complexity index is 495. The van der Waals surface area contributed by atoms with Crippen molar-refractivity contribution >= 4 is 0 Å². The van der Waals surface area contributed by atoms with E-state index in [-0.39, 0.29) is 5.41 Å². The first-order valence-corrected chi connectivity index (χ1v) is 6.64. The second-order valence-electron chi connectivity index (χ2n) is 5.72. The van der Waals surface area contributed by atoms with E-state index in [0.717, 1.165) is 0 Å². The van der Waals surface area contributed by atoms with Crippen LogP contribution in [0, 0.1) is 12.8 Å². The fourth-order valence-corrected chi connectivity index (χ4v) is 2.26. The van der Waals surface area contributed by atoms with Crippen LogP contribution in [0.4, 0.5) is 0 Å². The summed E-state index contributed by atoms with van der Waals surface area (Å²) in [5.74, 6) is 0.521. The van der Waals surface area contributed by atoms with Crippen LogP contribution in [0.1, 0.15) is 31.9 Å². The zero-order valence-electron chi connectivity index (χ0n) is 11.8. The quantitative estimate of drug-likeness (QED) is 0.683. The zero-order chi connectivity index (χ0) is 13.2. The normalized spacial score (nSPS) is 19.6. The van der Waals surface area contributed by atoms with Crippen LogP contribution in [0.25, 0.3) is 0 Å². The highest BCUT2D eigenvalue weighted by atomic mass is 14.3. The van der Waals surface area contributed by atoms with E-state index >= 15 is 0 Å². The van der Waals surface area contributed by atoms with Crippen molar-refractivity contribution < 1.29 is 0 Å². The summed E-state index contributed by atoms with van der Waals surface area (Å²) in [5, 5.41) is 0. The largest absolute Gasteiger partial charge is 0.0779 e. The molecular formula is C18H22. The minimum absolute atomic E-state index is 0.0542. The van der Waals surface area contributed by atoms with E-state index in [1.54, 1.807) is 0 Å². The molecule has 2 rings (SSSR count). The van der Waals surface area contributed by atoms with Gasteiger partial charge in [-0.3, -0.25) is 0 Å². The van der Waals surface area contributed by atoms with Crippen molar-refractivity contribution in [2.24, 2.45) is 5.92 Å². The second kappa shape index (κ2) is 4.97. The molecule has 0 heterocycles. The molecule has 94 valence electrons. The number of allylic oxidation sites excluding steroid dienone is 6. The second-order valence-corrected chi connectivity index (χ2v) is 5.72. The lowest BCUT2D eigenvalue weighted by molar-refractivity contribution is 0.639. The van der Waals surface area contributed by atoms with E-state index in [9.17, 15) is 0 Å². The summed E-state index contributed by atoms with van der Waals surface area (Å²) in [7, 11) is 0. The Kier molecular flexibility index (Phi) is 3.56. The smallest absolute Gasteiger partial charge is 0.0146 e. The molecule has 0 radical (unpaired) electrons. The Morgan fingerprint density at radius 1 is 1.00 bits per heavy atom. The van der Waals surface area contributed by atoms with Gasteiger partial charge in [0.1, 0.15) is 0 Å². The van der Waals surface area contributed by atoms with Gasteiger partial charge in [0.2, 0.25) is 0 Å². The van der Waals surface area contributed by atoms with E-state index in [2.05, 4.69) is 82.3 Å². The van der Waals surface area contributed by atoms with Gasteiger partial charge in [-0.2, -0.15) is 0 Å². The fourth-order valence-electron chi connectivity index (χ4n) is 2.26. The van der Waals surface area contributed by atoms with Crippen molar-refractivity contribution in [2.75, 3.05) is 0 Å². The van der Waals surface area contributed by atoms with Gasteiger partial charge in [-0.15, -0.1) is 0 Å². The third kappa shape index (κ3) is 2.64. The third-order valence-electron chi connectivity index (χ3n) is 3.76. The molecule has 1 unspecified atom stereocenters. The van der Waals surface area contributed by atoms with Gasteiger partial charge in [0.25, 0.3) is 0 Å². The topological polar surface area (TPSA) is 0 Å². The average Bonchev–Trinajstić information content (AvgIpc) is 2.55. The van der Waals surface area contributed by atoms with Gasteiger partial charge in [0, 0.05) is 5.41 Å². The summed E-state index contributed by atoms with van der Waals surface area (Å²) in [4.78, 5) is 0. The van der Waals surface area contributed by atoms with Gasteiger partial charge >= 0.3 is 0 Å². The maximum absolute atomic E-state index is 2.29. The Labute approximate surface area is 111 Å². The lowest BCUT2D eigenvalue weighted by Gasteiger charge is -2.27. The number of benzene rings is 1. The van der Waals surface area contributed by atoms with E-state index < -0.39 is 0 Å². The monoisotopic (exact) mass is 238 g/mol. The van der Waals surface area contributed by atoms with Crippen molar-refractivity contribution in [3.8, 4) is 0 Å². The molecule has 0 aromatic heterocycles. The molecule has 0 saturated carbocycles. The van der Waals surface area contributed by atoms with Crippen LogP contribution >= 0.6 is 0 Å². The molecule has 1 atom stereocenters. The predicted octanol–water partition coefficient (Wildman–Crippen LogP) is 4.96. The van der Waals surface area contributed by atoms with Gasteiger partial charge in [-0.05, 0) is 24.0 Å². The van der Waals surface area contributed by atoms with Crippen molar-refractivity contribution in [1.82, 2.24) is 0 Å². The molecule has 0 saturated heterocycles. The number of hydrogen-bond donors (Lipinski definition) is 0. The first-order valence-electron chi connectivity index (χ1n) is 6.64. The average molecular weight is 238 g/mol. The van der Waals surface area contributed by atoms with Crippen molar-refractivity contribution in [2.45, 2.75) is 33.1 Å². The Morgan fingerprint density at radius 3 is 2.33 bits per heavy atom. The van der Waals surface area contributed by atoms with Crippen LogP contribution in [-0.2, 0) is 5.41 Å². The van der Waals surface area contributed by atoms with Crippen molar-refractivity contribution in [1.29, 1.82) is 0 Å². The first kappa shape index (κ1) is 12.9. The summed E-state index contributed by atoms with van der Waals surface area (Å²) < 4.78 is 0. The Balaban J connectivity index is 2.36. The van der Waals surface area contributed by atoms with Crippen LogP contribution in [0.15, 0.2) is 60.2 Å². The highest BCUT2D eigenvalue weighted by molar-refractivity contribution is 5.43. The molecule has 0 bridgehead atoms. The first-order chi connectivity index (χ1) is 8.50. The van der Waals surface area contributed by atoms with Crippen molar-refractivity contribution in [3.05, 3.63) is 71.3 Å². The minimum atomic E-state index is 0.0542. The Hall–Kier alpha value is -1.56. The summed E-state index contributed by atoms with van der Waals surface area (Å²) in [5.41, 5.74) is 4.10. The maximum Gasteiger partial charge on any atom is 0.0146 e.